The first-order valence-electron chi connectivity index (χ1n) is 9.27. The number of hydrogen-bond donors (Lipinski definition) is 0. The fourth-order valence-corrected chi connectivity index (χ4v) is 3.88. The Morgan fingerprint density at radius 2 is 1.85 bits per heavy atom. The molecular formula is C21H29NO4. The first-order chi connectivity index (χ1) is 12.3. The smallest absolute Gasteiger partial charge is 0.411 e. The minimum absolute atomic E-state index is 0.0976. The van der Waals surface area contributed by atoms with Gasteiger partial charge in [0.1, 0.15) is 5.60 Å². The average Bonchev–Trinajstić information content (AvgIpc) is 2.58. The van der Waals surface area contributed by atoms with Gasteiger partial charge < -0.3 is 14.2 Å². The van der Waals surface area contributed by atoms with Crippen LogP contribution in [-0.4, -0.2) is 42.9 Å². The van der Waals surface area contributed by atoms with E-state index in [1.165, 1.54) is 5.57 Å². The Balaban J connectivity index is 1.87. The lowest BCUT2D eigenvalue weighted by atomic mass is 9.83. The van der Waals surface area contributed by atoms with E-state index in [1.54, 1.807) is 14.2 Å². The molecule has 1 aromatic rings. The number of piperidine rings is 1. The van der Waals surface area contributed by atoms with Crippen molar-refractivity contribution >= 4 is 11.7 Å². The second-order valence-electron chi connectivity index (χ2n) is 8.01. The fourth-order valence-electron chi connectivity index (χ4n) is 3.88. The molecule has 0 spiro atoms. The molecule has 2 atom stereocenters. The molecule has 2 heterocycles. The van der Waals surface area contributed by atoms with Crippen LogP contribution in [0.25, 0.3) is 5.57 Å². The van der Waals surface area contributed by atoms with Crippen LogP contribution in [0.5, 0.6) is 11.5 Å². The molecule has 5 heteroatoms. The Morgan fingerprint density at radius 1 is 1.12 bits per heavy atom. The van der Waals surface area contributed by atoms with Gasteiger partial charge in [0.25, 0.3) is 0 Å². The molecule has 1 aromatic carbocycles. The molecule has 2 unspecified atom stereocenters. The summed E-state index contributed by atoms with van der Waals surface area (Å²) < 4.78 is 16.4. The lowest BCUT2D eigenvalue weighted by molar-refractivity contribution is 0.0000835. The Morgan fingerprint density at radius 3 is 2.46 bits per heavy atom. The zero-order chi connectivity index (χ0) is 18.9. The molecule has 0 N–H and O–H groups in total. The van der Waals surface area contributed by atoms with Gasteiger partial charge in [0.15, 0.2) is 11.5 Å². The van der Waals surface area contributed by atoms with Gasteiger partial charge in [-0.3, -0.25) is 4.90 Å². The van der Waals surface area contributed by atoms with Crippen molar-refractivity contribution in [3.8, 4) is 11.5 Å². The van der Waals surface area contributed by atoms with E-state index >= 15 is 0 Å². The molecule has 2 aliphatic heterocycles. The monoisotopic (exact) mass is 359 g/mol. The van der Waals surface area contributed by atoms with Crippen LogP contribution in [0.3, 0.4) is 0 Å². The number of nitrogens with zero attached hydrogens (tertiary/aromatic N) is 1. The normalized spacial score (nSPS) is 22.5. The Hall–Kier alpha value is -2.17. The largest absolute Gasteiger partial charge is 0.493 e. The molecule has 26 heavy (non-hydrogen) atoms. The van der Waals surface area contributed by atoms with Crippen molar-refractivity contribution in [2.45, 2.75) is 64.1 Å². The van der Waals surface area contributed by atoms with Gasteiger partial charge in [-0.1, -0.05) is 12.1 Å². The number of amides is 1. The van der Waals surface area contributed by atoms with E-state index in [2.05, 4.69) is 12.1 Å². The maximum atomic E-state index is 12.7. The quantitative estimate of drug-likeness (QED) is 0.788. The number of ether oxygens (including phenoxy) is 3. The summed E-state index contributed by atoms with van der Waals surface area (Å²) in [6.45, 7) is 5.74. The highest BCUT2D eigenvalue weighted by Gasteiger charge is 2.39. The summed E-state index contributed by atoms with van der Waals surface area (Å²) in [6.07, 6.45) is 6.00. The highest BCUT2D eigenvalue weighted by Crippen LogP contribution is 2.39. The van der Waals surface area contributed by atoms with Gasteiger partial charge in [0.05, 0.1) is 20.3 Å². The van der Waals surface area contributed by atoms with Gasteiger partial charge in [0, 0.05) is 6.04 Å². The molecule has 142 valence electrons. The van der Waals surface area contributed by atoms with Gasteiger partial charge in [-0.05, 0) is 69.7 Å². The third kappa shape index (κ3) is 3.81. The van der Waals surface area contributed by atoms with Crippen molar-refractivity contribution in [3.63, 3.8) is 0 Å². The summed E-state index contributed by atoms with van der Waals surface area (Å²) in [5, 5.41) is 0. The highest BCUT2D eigenvalue weighted by atomic mass is 16.6. The average molecular weight is 359 g/mol. The number of benzene rings is 1. The molecule has 0 aliphatic carbocycles. The van der Waals surface area contributed by atoms with E-state index in [0.717, 1.165) is 42.7 Å². The van der Waals surface area contributed by atoms with Crippen LogP contribution in [-0.2, 0) is 4.74 Å². The van der Waals surface area contributed by atoms with Crippen LogP contribution in [0.1, 0.15) is 52.0 Å². The van der Waals surface area contributed by atoms with E-state index in [0.29, 0.717) is 0 Å². The minimum atomic E-state index is -0.473. The van der Waals surface area contributed by atoms with Gasteiger partial charge in [0.2, 0.25) is 0 Å². The molecule has 1 amide bonds. The molecule has 1 fully saturated rings. The number of methoxy groups -OCH3 is 2. The van der Waals surface area contributed by atoms with Gasteiger partial charge >= 0.3 is 6.09 Å². The minimum Gasteiger partial charge on any atom is -0.493 e. The van der Waals surface area contributed by atoms with Gasteiger partial charge in [-0.15, -0.1) is 0 Å². The number of carbonyl (C=O) groups excluding carboxylic acids is 1. The van der Waals surface area contributed by atoms with E-state index < -0.39 is 5.60 Å². The van der Waals surface area contributed by atoms with Crippen molar-refractivity contribution in [1.82, 2.24) is 4.90 Å². The predicted octanol–water partition coefficient (Wildman–Crippen LogP) is 4.65. The number of rotatable bonds is 3. The fraction of sp³-hybridized carbons (Fsp3) is 0.571. The SMILES string of the molecule is COc1ccc(C2=CC3CCCC(C2)N3C(=O)OC(C)(C)C)cc1OC. The topological polar surface area (TPSA) is 48.0 Å². The number of hydrogen-bond acceptors (Lipinski definition) is 4. The second kappa shape index (κ2) is 7.22. The van der Waals surface area contributed by atoms with Gasteiger partial charge in [-0.25, -0.2) is 4.79 Å². The third-order valence-corrected chi connectivity index (χ3v) is 5.00. The number of fused-ring (bicyclic) bond motifs is 2. The van der Waals surface area contributed by atoms with E-state index in [1.807, 2.05) is 37.8 Å². The molecule has 2 aliphatic rings. The molecule has 0 aromatic heterocycles. The molecular weight excluding hydrogens is 330 g/mol. The molecule has 0 saturated carbocycles. The zero-order valence-corrected chi connectivity index (χ0v) is 16.4. The summed E-state index contributed by atoms with van der Waals surface area (Å²) in [5.41, 5.74) is 1.92. The second-order valence-corrected chi connectivity index (χ2v) is 8.01. The van der Waals surface area contributed by atoms with Crippen molar-refractivity contribution in [2.75, 3.05) is 14.2 Å². The maximum absolute atomic E-state index is 12.7. The predicted molar refractivity (Wildman–Crippen MR) is 102 cm³/mol. The zero-order valence-electron chi connectivity index (χ0n) is 16.4. The van der Waals surface area contributed by atoms with Crippen molar-refractivity contribution in [3.05, 3.63) is 29.8 Å². The van der Waals surface area contributed by atoms with E-state index in [-0.39, 0.29) is 18.2 Å². The summed E-state index contributed by atoms with van der Waals surface area (Å²) >= 11 is 0. The molecule has 3 rings (SSSR count). The molecule has 0 radical (unpaired) electrons. The Kier molecular flexibility index (Phi) is 5.17. The van der Waals surface area contributed by atoms with Crippen molar-refractivity contribution in [1.29, 1.82) is 0 Å². The lowest BCUT2D eigenvalue weighted by Gasteiger charge is -2.45. The Bertz CT molecular complexity index is 704. The van der Waals surface area contributed by atoms with Crippen LogP contribution in [0.2, 0.25) is 0 Å². The standard InChI is InChI=1S/C21H29NO4/c1-21(2,3)26-20(23)22-16-7-6-8-17(22)12-15(11-16)14-9-10-18(24-4)19(13-14)25-5/h9-11,13,16-17H,6-8,12H2,1-5H3. The summed E-state index contributed by atoms with van der Waals surface area (Å²) in [6, 6.07) is 6.30. The van der Waals surface area contributed by atoms with Crippen molar-refractivity contribution < 1.29 is 19.0 Å². The van der Waals surface area contributed by atoms with Gasteiger partial charge in [-0.2, -0.15) is 0 Å². The molecule has 5 nitrogen and oxygen atoms in total. The molecule has 1 saturated heterocycles. The third-order valence-electron chi connectivity index (χ3n) is 5.00. The van der Waals surface area contributed by atoms with E-state index in [4.69, 9.17) is 14.2 Å². The highest BCUT2D eigenvalue weighted by molar-refractivity contribution is 5.75. The maximum Gasteiger partial charge on any atom is 0.411 e. The first kappa shape index (κ1) is 18.6. The van der Waals surface area contributed by atoms with Crippen LogP contribution >= 0.6 is 0 Å². The summed E-state index contributed by atoms with van der Waals surface area (Å²) in [4.78, 5) is 14.6. The summed E-state index contributed by atoms with van der Waals surface area (Å²) in [5.74, 6) is 1.45. The van der Waals surface area contributed by atoms with Crippen LogP contribution < -0.4 is 9.47 Å². The van der Waals surface area contributed by atoms with Crippen LogP contribution in [0.4, 0.5) is 4.79 Å². The Labute approximate surface area is 155 Å². The van der Waals surface area contributed by atoms with Crippen molar-refractivity contribution in [2.24, 2.45) is 0 Å². The lowest BCUT2D eigenvalue weighted by Crippen LogP contribution is -2.53. The van der Waals surface area contributed by atoms with Crippen LogP contribution in [0, 0.1) is 0 Å². The summed E-state index contributed by atoms with van der Waals surface area (Å²) in [7, 11) is 3.29. The number of carbonyl (C=O) groups is 1. The van der Waals surface area contributed by atoms with Crippen LogP contribution in [0.15, 0.2) is 24.3 Å². The van der Waals surface area contributed by atoms with E-state index in [9.17, 15) is 4.79 Å². The molecule has 2 bridgehead atoms. The first-order valence-corrected chi connectivity index (χ1v) is 9.27.